The molecule has 0 unspecified atom stereocenters. The van der Waals surface area contributed by atoms with Gasteiger partial charge in [0.1, 0.15) is 0 Å². The Morgan fingerprint density at radius 3 is 2.62 bits per heavy atom. The predicted molar refractivity (Wildman–Crippen MR) is 48.2 cm³/mol. The largest absolute Gasteiger partial charge is 0.298 e. The smallest absolute Gasteiger partial charge is 0.282 e. The fraction of sp³-hybridized carbons (Fsp3) is 0.125. The lowest BCUT2D eigenvalue weighted by molar-refractivity contribution is -0.385. The Morgan fingerprint density at radius 1 is 1.54 bits per heavy atom. The van der Waals surface area contributed by atoms with Crippen LogP contribution in [0, 0.1) is 17.0 Å². The summed E-state index contributed by atoms with van der Waals surface area (Å²) in [6, 6.07) is 2.73. The van der Waals surface area contributed by atoms with Crippen LogP contribution >= 0.6 is 11.6 Å². The van der Waals surface area contributed by atoms with Gasteiger partial charge in [-0.2, -0.15) is 0 Å². The number of benzene rings is 1. The number of aryl methyl sites for hydroxylation is 1. The quantitative estimate of drug-likeness (QED) is 0.417. The SMILES string of the molecule is Cc1cc(Cl)cc(C=O)c1[N+](=O)[O-]. The van der Waals surface area contributed by atoms with Gasteiger partial charge >= 0.3 is 0 Å². The molecule has 1 aromatic rings. The van der Waals surface area contributed by atoms with Crippen LogP contribution in [0.5, 0.6) is 0 Å². The Balaban J connectivity index is 3.47. The minimum atomic E-state index is -0.588. The monoisotopic (exact) mass is 199 g/mol. The second-order valence-corrected chi connectivity index (χ2v) is 2.97. The van der Waals surface area contributed by atoms with E-state index in [0.717, 1.165) is 0 Å². The summed E-state index contributed by atoms with van der Waals surface area (Å²) < 4.78 is 0. The van der Waals surface area contributed by atoms with Crippen LogP contribution < -0.4 is 0 Å². The van der Waals surface area contributed by atoms with E-state index < -0.39 is 4.92 Å². The van der Waals surface area contributed by atoms with Gasteiger partial charge in [-0.1, -0.05) is 11.6 Å². The highest BCUT2D eigenvalue weighted by Crippen LogP contribution is 2.25. The Bertz CT molecular complexity index is 376. The minimum Gasteiger partial charge on any atom is -0.298 e. The molecule has 0 aliphatic rings. The number of hydrogen-bond acceptors (Lipinski definition) is 3. The second kappa shape index (κ2) is 3.53. The van der Waals surface area contributed by atoms with Crippen LogP contribution in [0.2, 0.25) is 5.02 Å². The number of halogens is 1. The molecule has 5 heteroatoms. The number of rotatable bonds is 2. The normalized spacial score (nSPS) is 9.69. The zero-order valence-electron chi connectivity index (χ0n) is 6.78. The van der Waals surface area contributed by atoms with Crippen LogP contribution in [0.3, 0.4) is 0 Å². The molecule has 0 atom stereocenters. The van der Waals surface area contributed by atoms with Gasteiger partial charge < -0.3 is 0 Å². The van der Waals surface area contributed by atoms with Gasteiger partial charge in [-0.3, -0.25) is 14.9 Å². The zero-order chi connectivity index (χ0) is 10.0. The summed E-state index contributed by atoms with van der Waals surface area (Å²) >= 11 is 5.62. The molecule has 0 heterocycles. The summed E-state index contributed by atoms with van der Waals surface area (Å²) in [4.78, 5) is 20.4. The lowest BCUT2D eigenvalue weighted by atomic mass is 10.1. The fourth-order valence-electron chi connectivity index (χ4n) is 1.10. The Kier molecular flexibility index (Phi) is 2.63. The van der Waals surface area contributed by atoms with E-state index in [-0.39, 0.29) is 11.3 Å². The second-order valence-electron chi connectivity index (χ2n) is 2.54. The van der Waals surface area contributed by atoms with E-state index in [4.69, 9.17) is 11.6 Å². The molecular weight excluding hydrogens is 194 g/mol. The van der Waals surface area contributed by atoms with Crippen molar-refractivity contribution in [1.82, 2.24) is 0 Å². The van der Waals surface area contributed by atoms with Gasteiger partial charge in [0.25, 0.3) is 5.69 Å². The zero-order valence-corrected chi connectivity index (χ0v) is 7.54. The highest BCUT2D eigenvalue weighted by molar-refractivity contribution is 6.31. The fourth-order valence-corrected chi connectivity index (χ4v) is 1.38. The van der Waals surface area contributed by atoms with Gasteiger partial charge in [-0.05, 0) is 19.1 Å². The van der Waals surface area contributed by atoms with E-state index >= 15 is 0 Å². The van der Waals surface area contributed by atoms with Gasteiger partial charge in [0.2, 0.25) is 0 Å². The van der Waals surface area contributed by atoms with E-state index in [9.17, 15) is 14.9 Å². The van der Waals surface area contributed by atoms with Gasteiger partial charge in [0.05, 0.1) is 10.5 Å². The number of hydrogen-bond donors (Lipinski definition) is 0. The van der Waals surface area contributed by atoms with Crippen molar-refractivity contribution < 1.29 is 9.72 Å². The maximum atomic E-state index is 10.5. The molecule has 0 fully saturated rings. The molecule has 1 rings (SSSR count). The summed E-state index contributed by atoms with van der Waals surface area (Å²) in [5.41, 5.74) is 0.217. The lowest BCUT2D eigenvalue weighted by Gasteiger charge is -2.00. The molecule has 0 radical (unpaired) electrons. The van der Waals surface area contributed by atoms with Crippen molar-refractivity contribution in [2.75, 3.05) is 0 Å². The summed E-state index contributed by atoms with van der Waals surface area (Å²) in [5, 5.41) is 10.8. The van der Waals surface area contributed by atoms with Gasteiger partial charge in [-0.15, -0.1) is 0 Å². The number of carbonyl (C=O) groups is 1. The summed E-state index contributed by atoms with van der Waals surface area (Å²) in [6.45, 7) is 1.54. The van der Waals surface area contributed by atoms with Crippen molar-refractivity contribution in [3.05, 3.63) is 38.4 Å². The third-order valence-corrected chi connectivity index (χ3v) is 1.82. The average Bonchev–Trinajstić information content (AvgIpc) is 2.01. The number of nitro groups is 1. The average molecular weight is 200 g/mol. The number of carbonyl (C=O) groups excluding carboxylic acids is 1. The van der Waals surface area contributed by atoms with E-state index in [2.05, 4.69) is 0 Å². The topological polar surface area (TPSA) is 60.2 Å². The molecule has 0 saturated heterocycles. The lowest BCUT2D eigenvalue weighted by Crippen LogP contribution is -1.97. The predicted octanol–water partition coefficient (Wildman–Crippen LogP) is 2.37. The van der Waals surface area contributed by atoms with Crippen LogP contribution in [-0.2, 0) is 0 Å². The third kappa shape index (κ3) is 1.84. The molecule has 13 heavy (non-hydrogen) atoms. The molecule has 0 aliphatic heterocycles. The first-order chi connectivity index (χ1) is 6.06. The highest BCUT2D eigenvalue weighted by Gasteiger charge is 2.17. The Morgan fingerprint density at radius 2 is 2.15 bits per heavy atom. The van der Waals surface area contributed by atoms with Crippen molar-refractivity contribution in [2.45, 2.75) is 6.92 Å². The van der Waals surface area contributed by atoms with E-state index in [0.29, 0.717) is 16.9 Å². The third-order valence-electron chi connectivity index (χ3n) is 1.60. The molecule has 68 valence electrons. The summed E-state index contributed by atoms with van der Waals surface area (Å²) in [5.74, 6) is 0. The minimum absolute atomic E-state index is 0.00926. The standard InChI is InChI=1S/C8H6ClNO3/c1-5-2-7(9)3-6(4-11)8(5)10(12)13/h2-4H,1H3. The molecule has 0 aliphatic carbocycles. The van der Waals surface area contributed by atoms with E-state index in [1.165, 1.54) is 19.1 Å². The van der Waals surface area contributed by atoms with E-state index in [1.807, 2.05) is 0 Å². The molecule has 4 nitrogen and oxygen atoms in total. The number of nitrogens with zero attached hydrogens (tertiary/aromatic N) is 1. The van der Waals surface area contributed by atoms with E-state index in [1.54, 1.807) is 0 Å². The Hall–Kier alpha value is -1.42. The van der Waals surface area contributed by atoms with Crippen molar-refractivity contribution in [3.63, 3.8) is 0 Å². The van der Waals surface area contributed by atoms with Crippen molar-refractivity contribution in [2.24, 2.45) is 0 Å². The first-order valence-corrected chi connectivity index (χ1v) is 3.83. The van der Waals surface area contributed by atoms with Gasteiger partial charge in [0.15, 0.2) is 6.29 Å². The molecule has 0 spiro atoms. The molecule has 1 aromatic carbocycles. The van der Waals surface area contributed by atoms with Crippen LogP contribution in [-0.4, -0.2) is 11.2 Å². The molecule has 0 amide bonds. The first kappa shape index (κ1) is 9.67. The van der Waals surface area contributed by atoms with Crippen LogP contribution in [0.1, 0.15) is 15.9 Å². The summed E-state index contributed by atoms with van der Waals surface area (Å²) in [6.07, 6.45) is 0.428. The van der Waals surface area contributed by atoms with Crippen molar-refractivity contribution >= 4 is 23.6 Å². The summed E-state index contributed by atoms with van der Waals surface area (Å²) in [7, 11) is 0. The van der Waals surface area contributed by atoms with Gasteiger partial charge in [0, 0.05) is 10.6 Å². The molecule has 0 bridgehead atoms. The van der Waals surface area contributed by atoms with Crippen molar-refractivity contribution in [3.8, 4) is 0 Å². The molecular formula is C8H6ClNO3. The molecule has 0 N–H and O–H groups in total. The van der Waals surface area contributed by atoms with Crippen LogP contribution in [0.15, 0.2) is 12.1 Å². The maximum absolute atomic E-state index is 10.5. The molecule has 0 saturated carbocycles. The van der Waals surface area contributed by atoms with Gasteiger partial charge in [-0.25, -0.2) is 0 Å². The highest BCUT2D eigenvalue weighted by atomic mass is 35.5. The maximum Gasteiger partial charge on any atom is 0.282 e. The van der Waals surface area contributed by atoms with Crippen LogP contribution in [0.4, 0.5) is 5.69 Å². The number of nitro benzene ring substituents is 1. The molecule has 0 aromatic heterocycles. The van der Waals surface area contributed by atoms with Crippen LogP contribution in [0.25, 0.3) is 0 Å². The first-order valence-electron chi connectivity index (χ1n) is 3.46. The number of aldehydes is 1. The van der Waals surface area contributed by atoms with Crippen molar-refractivity contribution in [1.29, 1.82) is 0 Å². The Labute approximate surface area is 79.3 Å².